The maximum absolute atomic E-state index is 6.57. The standard InChI is InChI=1S/C108H73N3O/c1-107(2)94-52-49-79(64-90(94)88-59-72-28-7-9-30-74(72)61-96(88)107)110(100-56-48-71-27-14-18-39-83(71)105(100)86-42-22-33-69-25-12-16-37-81(69)86)101-44-23-43-87-92-58-67(46-54-98(92)111(106(87)101)76-34-5-4-6-35-76)66-108(3)95-53-50-77(63-91(95)89-60-73-29-8-10-31-75(73)62-97(89)108)109(78-51-57-103-93(65-78)84-40-19-20-45-102(84)112-103)99-55-47-70-26-13-17-38-82(70)104(99)85-41-21-32-68-24-11-15-36-80(68)85/h4-65H,66H2,1-3H3. The number of hydrogen-bond acceptors (Lipinski definition) is 3. The average Bonchev–Trinajstić information content (AvgIpc) is 1.36. The largest absolute Gasteiger partial charge is 0.456 e. The lowest BCUT2D eigenvalue weighted by molar-refractivity contribution is 0.584. The summed E-state index contributed by atoms with van der Waals surface area (Å²) in [5.74, 6) is 0. The molecule has 1 atom stereocenters. The molecule has 112 heavy (non-hydrogen) atoms. The second kappa shape index (κ2) is 24.5. The first-order chi connectivity index (χ1) is 55.1. The molecule has 19 aromatic carbocycles. The smallest absolute Gasteiger partial charge is 0.135 e. The van der Waals surface area contributed by atoms with Crippen molar-refractivity contribution in [3.05, 3.63) is 404 Å². The van der Waals surface area contributed by atoms with Crippen LogP contribution in [0.5, 0.6) is 0 Å². The van der Waals surface area contributed by atoms with Gasteiger partial charge in [0.05, 0.1) is 28.1 Å². The van der Waals surface area contributed by atoms with Gasteiger partial charge >= 0.3 is 0 Å². The molecule has 2 aliphatic carbocycles. The van der Waals surface area contributed by atoms with E-state index in [1.54, 1.807) is 0 Å². The topological polar surface area (TPSA) is 24.6 Å². The van der Waals surface area contributed by atoms with Gasteiger partial charge in [0.2, 0.25) is 0 Å². The van der Waals surface area contributed by atoms with Crippen molar-refractivity contribution < 1.29 is 4.42 Å². The van der Waals surface area contributed by atoms with Crippen LogP contribution in [-0.4, -0.2) is 4.57 Å². The van der Waals surface area contributed by atoms with E-state index in [0.717, 1.165) is 79.2 Å². The number of para-hydroxylation sites is 3. The summed E-state index contributed by atoms with van der Waals surface area (Å²) in [7, 11) is 0. The zero-order valence-electron chi connectivity index (χ0n) is 62.3. The minimum atomic E-state index is -0.460. The van der Waals surface area contributed by atoms with Crippen LogP contribution < -0.4 is 9.80 Å². The Morgan fingerprint density at radius 3 is 1.37 bits per heavy atom. The molecule has 2 aromatic heterocycles. The first-order valence-corrected chi connectivity index (χ1v) is 39.1. The first-order valence-electron chi connectivity index (χ1n) is 39.1. The second-order valence-electron chi connectivity index (χ2n) is 31.6. The molecule has 0 radical (unpaired) electrons. The lowest BCUT2D eigenvalue weighted by atomic mass is 9.75. The SMILES string of the molecule is CC1(C)c2ccc(N(c3ccc4ccccc4c3-c3cccc4ccccc34)c3cccc4c5cc(CC6(C)c7ccc(N(c8ccc9oc%10ccccc%10c9c8)c8ccc9ccccc9c8-c8cccc9ccccc89)cc7-c7cc8ccccc8cc76)ccc5n(-c5ccccc5)c34)cc2-c2cc3ccccc3cc21. The molecule has 0 saturated carbocycles. The Balaban J connectivity index is 0.734. The van der Waals surface area contributed by atoms with E-state index in [1.165, 1.54) is 148 Å². The lowest BCUT2D eigenvalue weighted by Crippen LogP contribution is -2.24. The molecule has 526 valence electrons. The maximum Gasteiger partial charge on any atom is 0.135 e. The van der Waals surface area contributed by atoms with Crippen LogP contribution in [-0.2, 0) is 17.3 Å². The third-order valence-corrected chi connectivity index (χ3v) is 25.1. The van der Waals surface area contributed by atoms with Crippen LogP contribution in [0.1, 0.15) is 48.6 Å². The van der Waals surface area contributed by atoms with E-state index >= 15 is 0 Å². The Morgan fingerprint density at radius 1 is 0.268 bits per heavy atom. The summed E-state index contributed by atoms with van der Waals surface area (Å²) in [6.07, 6.45) is 0.752. The van der Waals surface area contributed by atoms with E-state index in [2.05, 4.69) is 411 Å². The molecule has 0 amide bonds. The van der Waals surface area contributed by atoms with E-state index in [9.17, 15) is 0 Å². The summed E-state index contributed by atoms with van der Waals surface area (Å²) in [6.45, 7) is 7.31. The van der Waals surface area contributed by atoms with E-state index in [4.69, 9.17) is 4.42 Å². The molecule has 0 N–H and O–H groups in total. The van der Waals surface area contributed by atoms with Gasteiger partial charge in [-0.3, -0.25) is 0 Å². The molecule has 21 aromatic rings. The summed E-state index contributed by atoms with van der Waals surface area (Å²) in [5, 5.41) is 19.1. The molecule has 2 heterocycles. The van der Waals surface area contributed by atoms with E-state index in [-0.39, 0.29) is 5.41 Å². The van der Waals surface area contributed by atoms with Crippen LogP contribution in [0.25, 0.3) is 159 Å². The van der Waals surface area contributed by atoms with Crippen molar-refractivity contribution in [1.29, 1.82) is 0 Å². The number of rotatable bonds is 11. The molecular weight excluding hydrogens is 1360 g/mol. The van der Waals surface area contributed by atoms with Crippen molar-refractivity contribution in [1.82, 2.24) is 4.57 Å². The Hall–Kier alpha value is -14.1. The van der Waals surface area contributed by atoms with Crippen LogP contribution >= 0.6 is 0 Å². The lowest BCUT2D eigenvalue weighted by Gasteiger charge is -2.31. The van der Waals surface area contributed by atoms with Crippen LogP contribution in [0.4, 0.5) is 34.1 Å². The maximum atomic E-state index is 6.57. The van der Waals surface area contributed by atoms with Crippen LogP contribution in [0.15, 0.2) is 381 Å². The Labute approximate surface area is 649 Å². The van der Waals surface area contributed by atoms with Crippen molar-refractivity contribution in [2.45, 2.75) is 38.0 Å². The summed E-state index contributed by atoms with van der Waals surface area (Å²) in [5.41, 5.74) is 27.3. The van der Waals surface area contributed by atoms with Gasteiger partial charge < -0.3 is 18.8 Å². The normalized spacial score (nSPS) is 14.2. The van der Waals surface area contributed by atoms with Gasteiger partial charge in [-0.15, -0.1) is 0 Å². The highest BCUT2D eigenvalue weighted by atomic mass is 16.3. The molecule has 0 bridgehead atoms. The number of fused-ring (bicyclic) bond motifs is 18. The fourth-order valence-corrected chi connectivity index (χ4v) is 19.9. The molecule has 0 spiro atoms. The number of nitrogens with zero attached hydrogens (tertiary/aromatic N) is 3. The number of furan rings is 1. The van der Waals surface area contributed by atoms with E-state index < -0.39 is 5.41 Å². The zero-order valence-corrected chi connectivity index (χ0v) is 62.3. The van der Waals surface area contributed by atoms with Crippen molar-refractivity contribution >= 4 is 143 Å². The molecule has 4 heteroatoms. The molecule has 2 aliphatic rings. The highest BCUT2D eigenvalue weighted by molar-refractivity contribution is 6.19. The van der Waals surface area contributed by atoms with Gasteiger partial charge in [0.1, 0.15) is 11.2 Å². The molecule has 1 unspecified atom stereocenters. The third kappa shape index (κ3) is 9.61. The number of benzene rings is 19. The van der Waals surface area contributed by atoms with Gasteiger partial charge in [0.15, 0.2) is 0 Å². The number of aromatic nitrogens is 1. The molecule has 0 aliphatic heterocycles. The molecule has 4 nitrogen and oxygen atoms in total. The predicted octanol–water partition coefficient (Wildman–Crippen LogP) is 29.7. The summed E-state index contributed by atoms with van der Waals surface area (Å²) in [6, 6.07) is 141. The fraction of sp³-hybridized carbons (Fsp3) is 0.0556. The van der Waals surface area contributed by atoms with Crippen molar-refractivity contribution in [3.8, 4) is 50.2 Å². The summed E-state index contributed by atoms with van der Waals surface area (Å²) >= 11 is 0. The van der Waals surface area contributed by atoms with Crippen LogP contribution in [0, 0.1) is 0 Å². The Morgan fingerprint density at radius 2 is 0.723 bits per heavy atom. The van der Waals surface area contributed by atoms with E-state index in [1.807, 2.05) is 0 Å². The first kappa shape index (κ1) is 64.0. The van der Waals surface area contributed by atoms with Crippen molar-refractivity contribution in [3.63, 3.8) is 0 Å². The van der Waals surface area contributed by atoms with Crippen molar-refractivity contribution in [2.75, 3.05) is 9.80 Å². The number of anilines is 6. The highest BCUT2D eigenvalue weighted by Gasteiger charge is 2.42. The summed E-state index contributed by atoms with van der Waals surface area (Å²) in [4.78, 5) is 5.12. The van der Waals surface area contributed by atoms with Gasteiger partial charge in [-0.05, 0) is 248 Å². The Kier molecular flexibility index (Phi) is 14.0. The minimum Gasteiger partial charge on any atom is -0.456 e. The predicted molar refractivity (Wildman–Crippen MR) is 473 cm³/mol. The number of hydrogen-bond donors (Lipinski definition) is 0. The minimum absolute atomic E-state index is 0.223. The zero-order chi connectivity index (χ0) is 74.1. The van der Waals surface area contributed by atoms with E-state index in [0.29, 0.717) is 0 Å². The average molecular weight is 1430 g/mol. The highest BCUT2D eigenvalue weighted by Crippen LogP contribution is 2.58. The van der Waals surface area contributed by atoms with Gasteiger partial charge in [0.25, 0.3) is 0 Å². The van der Waals surface area contributed by atoms with Crippen molar-refractivity contribution in [2.24, 2.45) is 0 Å². The second-order valence-corrected chi connectivity index (χ2v) is 31.6. The van der Waals surface area contributed by atoms with Crippen LogP contribution in [0.3, 0.4) is 0 Å². The van der Waals surface area contributed by atoms with Gasteiger partial charge in [0, 0.05) is 66.3 Å². The monoisotopic (exact) mass is 1430 g/mol. The summed E-state index contributed by atoms with van der Waals surface area (Å²) < 4.78 is 9.12. The van der Waals surface area contributed by atoms with Gasteiger partial charge in [-0.2, -0.15) is 0 Å². The molecular formula is C108H73N3O. The quantitative estimate of drug-likeness (QED) is 0.129. The Bertz CT molecular complexity index is 7550. The molecule has 0 saturated heterocycles. The van der Waals surface area contributed by atoms with Gasteiger partial charge in [-0.25, -0.2) is 0 Å². The molecule has 23 rings (SSSR count). The molecule has 0 fully saturated rings. The fourth-order valence-electron chi connectivity index (χ4n) is 19.9. The van der Waals surface area contributed by atoms with Gasteiger partial charge in [-0.1, -0.05) is 282 Å². The van der Waals surface area contributed by atoms with Crippen LogP contribution in [0.2, 0.25) is 0 Å². The third-order valence-electron chi connectivity index (χ3n) is 25.1.